The van der Waals surface area contributed by atoms with Crippen molar-refractivity contribution in [2.75, 3.05) is 24.3 Å². The zero-order valence-electron chi connectivity index (χ0n) is 18.5. The highest BCUT2D eigenvalue weighted by molar-refractivity contribution is 7.92. The van der Waals surface area contributed by atoms with Crippen LogP contribution in [0, 0.1) is 5.82 Å². The van der Waals surface area contributed by atoms with E-state index in [9.17, 15) is 17.6 Å². The molecule has 0 atom stereocenters. The Kier molecular flexibility index (Phi) is 7.55. The fourth-order valence-corrected chi connectivity index (χ4v) is 4.36. The number of methoxy groups -OCH3 is 2. The summed E-state index contributed by atoms with van der Waals surface area (Å²) in [6.45, 7) is 2.08. The summed E-state index contributed by atoms with van der Waals surface area (Å²) in [7, 11) is -1.57. The molecule has 33 heavy (non-hydrogen) atoms. The highest BCUT2D eigenvalue weighted by atomic mass is 32.2. The van der Waals surface area contributed by atoms with Crippen LogP contribution < -0.4 is 19.5 Å². The average molecular weight is 473 g/mol. The maximum Gasteiger partial charge on any atom is 0.262 e. The molecule has 0 bridgehead atoms. The van der Waals surface area contributed by atoms with Gasteiger partial charge in [-0.05, 0) is 42.3 Å². The minimum absolute atomic E-state index is 0.0392. The molecule has 0 unspecified atom stereocenters. The van der Waals surface area contributed by atoms with Crippen molar-refractivity contribution in [2.45, 2.75) is 24.7 Å². The van der Waals surface area contributed by atoms with Crippen molar-refractivity contribution in [3.63, 3.8) is 0 Å². The lowest BCUT2D eigenvalue weighted by molar-refractivity contribution is 0.102. The standard InChI is InChI=1S/C24H25FN2O5S/c1-4-7-16-10-12-17(13-11-16)26-24(28)19-14-18(15-22(31-2)23(19)32-3)33(29,30)27-21-9-6-5-8-20(21)25/h5-6,8-15,27H,4,7H2,1-3H3,(H,26,28). The van der Waals surface area contributed by atoms with E-state index in [1.54, 1.807) is 12.1 Å². The smallest absolute Gasteiger partial charge is 0.262 e. The quantitative estimate of drug-likeness (QED) is 0.464. The van der Waals surface area contributed by atoms with Crippen LogP contribution in [-0.2, 0) is 16.4 Å². The molecule has 0 aliphatic rings. The first kappa shape index (κ1) is 24.1. The van der Waals surface area contributed by atoms with E-state index in [0.717, 1.165) is 30.5 Å². The molecule has 0 radical (unpaired) electrons. The summed E-state index contributed by atoms with van der Waals surface area (Å²) in [5.41, 5.74) is 1.41. The van der Waals surface area contributed by atoms with Gasteiger partial charge in [-0.2, -0.15) is 0 Å². The number of amides is 1. The predicted octanol–water partition coefficient (Wildman–Crippen LogP) is 4.85. The van der Waals surface area contributed by atoms with E-state index >= 15 is 0 Å². The number of nitrogens with one attached hydrogen (secondary N) is 2. The number of ether oxygens (including phenoxy) is 2. The number of aryl methyl sites for hydroxylation is 1. The second-order valence-electron chi connectivity index (χ2n) is 7.19. The lowest BCUT2D eigenvalue weighted by atomic mass is 10.1. The Hall–Kier alpha value is -3.59. The lowest BCUT2D eigenvalue weighted by Crippen LogP contribution is -2.18. The molecule has 0 saturated heterocycles. The lowest BCUT2D eigenvalue weighted by Gasteiger charge is -2.16. The van der Waals surface area contributed by atoms with Gasteiger partial charge in [-0.25, -0.2) is 12.8 Å². The van der Waals surface area contributed by atoms with Gasteiger partial charge in [-0.15, -0.1) is 0 Å². The van der Waals surface area contributed by atoms with Crippen molar-refractivity contribution < 1.29 is 27.1 Å². The number of sulfonamides is 1. The molecular weight excluding hydrogens is 447 g/mol. The Labute approximate surface area is 192 Å². The molecule has 9 heteroatoms. The highest BCUT2D eigenvalue weighted by Crippen LogP contribution is 2.35. The third kappa shape index (κ3) is 5.61. The van der Waals surface area contributed by atoms with Gasteiger partial charge >= 0.3 is 0 Å². The van der Waals surface area contributed by atoms with E-state index < -0.39 is 21.7 Å². The van der Waals surface area contributed by atoms with Crippen molar-refractivity contribution in [2.24, 2.45) is 0 Å². The minimum Gasteiger partial charge on any atom is -0.493 e. The van der Waals surface area contributed by atoms with Crippen LogP contribution in [0.15, 0.2) is 65.6 Å². The average Bonchev–Trinajstić information content (AvgIpc) is 2.80. The molecule has 0 aromatic heterocycles. The van der Waals surface area contributed by atoms with Gasteiger partial charge in [0.15, 0.2) is 11.5 Å². The Morgan fingerprint density at radius 3 is 2.30 bits per heavy atom. The summed E-state index contributed by atoms with van der Waals surface area (Å²) in [4.78, 5) is 12.8. The first-order chi connectivity index (χ1) is 15.8. The van der Waals surface area contributed by atoms with Gasteiger partial charge in [0.2, 0.25) is 0 Å². The van der Waals surface area contributed by atoms with Gasteiger partial charge in [-0.1, -0.05) is 37.6 Å². The second-order valence-corrected chi connectivity index (χ2v) is 8.88. The summed E-state index contributed by atoms with van der Waals surface area (Å²) in [5, 5.41) is 2.74. The summed E-state index contributed by atoms with van der Waals surface area (Å²) in [6.07, 6.45) is 1.93. The molecule has 3 aromatic carbocycles. The van der Waals surface area contributed by atoms with Crippen molar-refractivity contribution in [3.8, 4) is 11.5 Å². The fraction of sp³-hybridized carbons (Fsp3) is 0.208. The predicted molar refractivity (Wildman–Crippen MR) is 125 cm³/mol. The number of anilines is 2. The van der Waals surface area contributed by atoms with Gasteiger partial charge in [0.25, 0.3) is 15.9 Å². The molecule has 0 spiro atoms. The van der Waals surface area contributed by atoms with E-state index in [-0.39, 0.29) is 27.6 Å². The van der Waals surface area contributed by atoms with Crippen LogP contribution in [0.2, 0.25) is 0 Å². The number of carbonyl (C=O) groups is 1. The second kappa shape index (κ2) is 10.4. The Morgan fingerprint density at radius 1 is 1.00 bits per heavy atom. The molecule has 3 aromatic rings. The maximum absolute atomic E-state index is 14.0. The van der Waals surface area contributed by atoms with E-state index in [1.807, 2.05) is 12.1 Å². The Bertz CT molecular complexity index is 1240. The maximum atomic E-state index is 14.0. The number of carbonyl (C=O) groups excluding carboxylic acids is 1. The summed E-state index contributed by atoms with van der Waals surface area (Å²) >= 11 is 0. The molecule has 0 aliphatic carbocycles. The van der Waals surface area contributed by atoms with Crippen LogP contribution in [-0.4, -0.2) is 28.5 Å². The van der Waals surface area contributed by atoms with Gasteiger partial charge in [0.05, 0.1) is 30.4 Å². The molecule has 0 fully saturated rings. The van der Waals surface area contributed by atoms with Crippen LogP contribution in [0.4, 0.5) is 15.8 Å². The first-order valence-corrected chi connectivity index (χ1v) is 11.7. The molecule has 0 heterocycles. The normalized spacial score (nSPS) is 11.0. The Balaban J connectivity index is 1.98. The fourth-order valence-electron chi connectivity index (χ4n) is 3.25. The van der Waals surface area contributed by atoms with Gasteiger partial charge < -0.3 is 14.8 Å². The van der Waals surface area contributed by atoms with Crippen molar-refractivity contribution in [1.82, 2.24) is 0 Å². The number of hydrogen-bond acceptors (Lipinski definition) is 5. The number of rotatable bonds is 9. The van der Waals surface area contributed by atoms with E-state index in [0.29, 0.717) is 5.69 Å². The first-order valence-electron chi connectivity index (χ1n) is 10.2. The molecule has 7 nitrogen and oxygen atoms in total. The third-order valence-electron chi connectivity index (χ3n) is 4.88. The number of halogens is 1. The third-order valence-corrected chi connectivity index (χ3v) is 6.22. The zero-order valence-corrected chi connectivity index (χ0v) is 19.3. The summed E-state index contributed by atoms with van der Waals surface area (Å²) in [6, 6.07) is 15.1. The summed E-state index contributed by atoms with van der Waals surface area (Å²) < 4.78 is 52.7. The topological polar surface area (TPSA) is 93.7 Å². The van der Waals surface area contributed by atoms with Gasteiger partial charge in [0, 0.05) is 11.8 Å². The summed E-state index contributed by atoms with van der Waals surface area (Å²) in [5.74, 6) is -1.21. The monoisotopic (exact) mass is 472 g/mol. The molecule has 1 amide bonds. The number of benzene rings is 3. The Morgan fingerprint density at radius 2 is 1.70 bits per heavy atom. The van der Waals surface area contributed by atoms with Gasteiger partial charge in [-0.3, -0.25) is 9.52 Å². The molecule has 0 saturated carbocycles. The molecule has 3 rings (SSSR count). The molecular formula is C24H25FN2O5S. The van der Waals surface area contributed by atoms with Crippen LogP contribution in [0.1, 0.15) is 29.3 Å². The van der Waals surface area contributed by atoms with Crippen LogP contribution in [0.3, 0.4) is 0 Å². The van der Waals surface area contributed by atoms with Crippen LogP contribution >= 0.6 is 0 Å². The van der Waals surface area contributed by atoms with E-state index in [2.05, 4.69) is 17.0 Å². The SMILES string of the molecule is CCCc1ccc(NC(=O)c2cc(S(=O)(=O)Nc3ccccc3F)cc(OC)c2OC)cc1. The highest BCUT2D eigenvalue weighted by Gasteiger charge is 2.25. The van der Waals surface area contributed by atoms with Crippen molar-refractivity contribution in [3.05, 3.63) is 77.6 Å². The van der Waals surface area contributed by atoms with Crippen molar-refractivity contribution >= 4 is 27.3 Å². The number of hydrogen-bond donors (Lipinski definition) is 2. The molecule has 174 valence electrons. The number of para-hydroxylation sites is 1. The van der Waals surface area contributed by atoms with Crippen molar-refractivity contribution in [1.29, 1.82) is 0 Å². The largest absolute Gasteiger partial charge is 0.493 e. The van der Waals surface area contributed by atoms with E-state index in [1.165, 1.54) is 38.5 Å². The van der Waals surface area contributed by atoms with Crippen LogP contribution in [0.5, 0.6) is 11.5 Å². The molecule has 2 N–H and O–H groups in total. The zero-order chi connectivity index (χ0) is 24.0. The van der Waals surface area contributed by atoms with Crippen LogP contribution in [0.25, 0.3) is 0 Å². The van der Waals surface area contributed by atoms with Gasteiger partial charge in [0.1, 0.15) is 5.82 Å². The molecule has 0 aliphatic heterocycles. The van der Waals surface area contributed by atoms with E-state index in [4.69, 9.17) is 9.47 Å². The minimum atomic E-state index is -4.24.